The first-order chi connectivity index (χ1) is 9.06. The third-order valence-corrected chi connectivity index (χ3v) is 2.59. The second-order valence-corrected chi connectivity index (χ2v) is 4.15. The maximum absolute atomic E-state index is 13.4. The Hall–Kier alpha value is -2.23. The summed E-state index contributed by atoms with van der Waals surface area (Å²) in [6.45, 7) is 1.61. The third kappa shape index (κ3) is 3.37. The van der Waals surface area contributed by atoms with Crippen molar-refractivity contribution in [3.8, 4) is 5.75 Å². The molecule has 0 atom stereocenters. The number of aryl methyl sites for hydroxylation is 1. The summed E-state index contributed by atoms with van der Waals surface area (Å²) in [6, 6.07) is 10.0. The highest BCUT2D eigenvalue weighted by atomic mass is 19.1. The Balaban J connectivity index is 2.05. The molecule has 0 aliphatic carbocycles. The average Bonchev–Trinajstić information content (AvgIpc) is 2.36. The van der Waals surface area contributed by atoms with Gasteiger partial charge in [-0.1, -0.05) is 12.1 Å². The number of carbonyl (C=O) groups excluding carboxylic acids is 1. The van der Waals surface area contributed by atoms with Crippen LogP contribution in [0.4, 0.5) is 8.78 Å². The van der Waals surface area contributed by atoms with Crippen LogP contribution in [0.5, 0.6) is 5.75 Å². The minimum Gasteiger partial charge on any atom is -0.485 e. The van der Waals surface area contributed by atoms with Crippen molar-refractivity contribution in [1.82, 2.24) is 0 Å². The lowest BCUT2D eigenvalue weighted by Gasteiger charge is -2.07. The summed E-state index contributed by atoms with van der Waals surface area (Å²) in [5.74, 6) is -1.58. The van der Waals surface area contributed by atoms with E-state index in [4.69, 9.17) is 4.74 Å². The Kier molecular flexibility index (Phi) is 3.90. The average molecular weight is 262 g/mol. The van der Waals surface area contributed by atoms with Gasteiger partial charge in [-0.25, -0.2) is 8.78 Å². The molecule has 2 nitrogen and oxygen atoms in total. The largest absolute Gasteiger partial charge is 0.485 e. The first-order valence-corrected chi connectivity index (χ1v) is 5.74. The molecule has 0 N–H and O–H groups in total. The summed E-state index contributed by atoms with van der Waals surface area (Å²) in [5, 5.41) is 0. The lowest BCUT2D eigenvalue weighted by molar-refractivity contribution is 0.0917. The van der Waals surface area contributed by atoms with Crippen molar-refractivity contribution in [2.24, 2.45) is 0 Å². The van der Waals surface area contributed by atoms with Crippen molar-refractivity contribution in [3.63, 3.8) is 0 Å². The van der Waals surface area contributed by atoms with E-state index in [2.05, 4.69) is 0 Å². The molecule has 2 rings (SSSR count). The number of rotatable bonds is 4. The van der Waals surface area contributed by atoms with Crippen LogP contribution in [-0.4, -0.2) is 12.4 Å². The standard InChI is InChI=1S/C15H12F2O2/c1-10-3-2-4-12(7-10)19-9-15(18)13-6-5-11(16)8-14(13)17/h2-8H,9H2,1H3. The molecule has 2 aromatic carbocycles. The van der Waals surface area contributed by atoms with Crippen LogP contribution in [-0.2, 0) is 0 Å². The van der Waals surface area contributed by atoms with Gasteiger partial charge in [0.05, 0.1) is 5.56 Å². The smallest absolute Gasteiger partial charge is 0.203 e. The van der Waals surface area contributed by atoms with Crippen LogP contribution in [0, 0.1) is 18.6 Å². The van der Waals surface area contributed by atoms with E-state index in [1.165, 1.54) is 0 Å². The van der Waals surface area contributed by atoms with Gasteiger partial charge in [0.1, 0.15) is 17.4 Å². The van der Waals surface area contributed by atoms with Crippen LogP contribution in [0.1, 0.15) is 15.9 Å². The van der Waals surface area contributed by atoms with E-state index < -0.39 is 17.4 Å². The predicted molar refractivity (Wildman–Crippen MR) is 67.4 cm³/mol. The van der Waals surface area contributed by atoms with E-state index >= 15 is 0 Å². The zero-order chi connectivity index (χ0) is 13.8. The Bertz CT molecular complexity index is 609. The van der Waals surface area contributed by atoms with Gasteiger partial charge in [0.2, 0.25) is 5.78 Å². The molecule has 4 heteroatoms. The normalized spacial score (nSPS) is 10.3. The minimum absolute atomic E-state index is 0.172. The molecule has 98 valence electrons. The number of carbonyl (C=O) groups is 1. The van der Waals surface area contributed by atoms with E-state index in [-0.39, 0.29) is 12.2 Å². The molecule has 0 spiro atoms. The molecule has 0 saturated carbocycles. The molecule has 0 radical (unpaired) electrons. The van der Waals surface area contributed by atoms with Crippen molar-refractivity contribution < 1.29 is 18.3 Å². The van der Waals surface area contributed by atoms with Crippen molar-refractivity contribution >= 4 is 5.78 Å². The highest BCUT2D eigenvalue weighted by Gasteiger charge is 2.13. The summed E-state index contributed by atoms with van der Waals surface area (Å²) in [5.41, 5.74) is 0.826. The molecular formula is C15H12F2O2. The molecule has 0 aliphatic rings. The Morgan fingerprint density at radius 1 is 1.16 bits per heavy atom. The summed E-state index contributed by atoms with van der Waals surface area (Å²) >= 11 is 0. The SMILES string of the molecule is Cc1cccc(OCC(=O)c2ccc(F)cc2F)c1. The van der Waals surface area contributed by atoms with Gasteiger partial charge >= 0.3 is 0 Å². The number of ether oxygens (including phenoxy) is 1. The van der Waals surface area contributed by atoms with Crippen molar-refractivity contribution in [1.29, 1.82) is 0 Å². The zero-order valence-electron chi connectivity index (χ0n) is 10.3. The summed E-state index contributed by atoms with van der Waals surface area (Å²) < 4.78 is 31.4. The summed E-state index contributed by atoms with van der Waals surface area (Å²) in [6.07, 6.45) is 0. The number of hydrogen-bond donors (Lipinski definition) is 0. The summed E-state index contributed by atoms with van der Waals surface area (Å²) in [4.78, 5) is 11.7. The lowest BCUT2D eigenvalue weighted by Crippen LogP contribution is -2.13. The van der Waals surface area contributed by atoms with Crippen LogP contribution in [0.3, 0.4) is 0 Å². The maximum atomic E-state index is 13.4. The van der Waals surface area contributed by atoms with Gasteiger partial charge in [-0.2, -0.15) is 0 Å². The number of halogens is 2. The molecule has 19 heavy (non-hydrogen) atoms. The number of benzene rings is 2. The van der Waals surface area contributed by atoms with Gasteiger partial charge in [0.15, 0.2) is 6.61 Å². The fourth-order valence-corrected chi connectivity index (χ4v) is 1.65. The van der Waals surface area contributed by atoms with Gasteiger partial charge in [-0.3, -0.25) is 4.79 Å². The van der Waals surface area contributed by atoms with Crippen LogP contribution in [0.2, 0.25) is 0 Å². The van der Waals surface area contributed by atoms with Gasteiger partial charge in [-0.15, -0.1) is 0 Å². The maximum Gasteiger partial charge on any atom is 0.203 e. The molecule has 0 bridgehead atoms. The van der Waals surface area contributed by atoms with Gasteiger partial charge in [0.25, 0.3) is 0 Å². The molecule has 0 aromatic heterocycles. The molecule has 0 aliphatic heterocycles. The molecule has 0 amide bonds. The van der Waals surface area contributed by atoms with Crippen LogP contribution >= 0.6 is 0 Å². The number of ketones is 1. The van der Waals surface area contributed by atoms with Crippen molar-refractivity contribution in [3.05, 3.63) is 65.2 Å². The molecular weight excluding hydrogens is 250 g/mol. The van der Waals surface area contributed by atoms with Gasteiger partial charge < -0.3 is 4.74 Å². The monoisotopic (exact) mass is 262 g/mol. The van der Waals surface area contributed by atoms with E-state index in [1.807, 2.05) is 13.0 Å². The third-order valence-electron chi connectivity index (χ3n) is 2.59. The fraction of sp³-hybridized carbons (Fsp3) is 0.133. The van der Waals surface area contributed by atoms with E-state index in [1.54, 1.807) is 18.2 Å². The highest BCUT2D eigenvalue weighted by molar-refractivity contribution is 5.97. The van der Waals surface area contributed by atoms with Crippen molar-refractivity contribution in [2.75, 3.05) is 6.61 Å². The molecule has 2 aromatic rings. The first-order valence-electron chi connectivity index (χ1n) is 5.74. The number of hydrogen-bond acceptors (Lipinski definition) is 2. The second kappa shape index (κ2) is 5.61. The first kappa shape index (κ1) is 13.2. The molecule has 0 fully saturated rings. The molecule has 0 unspecified atom stereocenters. The second-order valence-electron chi connectivity index (χ2n) is 4.15. The quantitative estimate of drug-likeness (QED) is 0.788. The fourth-order valence-electron chi connectivity index (χ4n) is 1.65. The summed E-state index contributed by atoms with van der Waals surface area (Å²) in [7, 11) is 0. The van der Waals surface area contributed by atoms with E-state index in [0.29, 0.717) is 11.8 Å². The van der Waals surface area contributed by atoms with Gasteiger partial charge in [-0.05, 0) is 36.8 Å². The lowest BCUT2D eigenvalue weighted by atomic mass is 10.1. The topological polar surface area (TPSA) is 26.3 Å². The Labute approximate surface area is 109 Å². The minimum atomic E-state index is -0.877. The van der Waals surface area contributed by atoms with Gasteiger partial charge in [0, 0.05) is 6.07 Å². The number of Topliss-reactive ketones (excluding diaryl/α,β-unsaturated/α-hetero) is 1. The van der Waals surface area contributed by atoms with E-state index in [0.717, 1.165) is 17.7 Å². The van der Waals surface area contributed by atoms with Crippen LogP contribution in [0.25, 0.3) is 0 Å². The van der Waals surface area contributed by atoms with Crippen molar-refractivity contribution in [2.45, 2.75) is 6.92 Å². The Morgan fingerprint density at radius 2 is 1.95 bits per heavy atom. The van der Waals surface area contributed by atoms with Crippen LogP contribution < -0.4 is 4.74 Å². The zero-order valence-corrected chi connectivity index (χ0v) is 10.3. The van der Waals surface area contributed by atoms with E-state index in [9.17, 15) is 13.6 Å². The van der Waals surface area contributed by atoms with Crippen LogP contribution in [0.15, 0.2) is 42.5 Å². The predicted octanol–water partition coefficient (Wildman–Crippen LogP) is 3.53. The molecule has 0 heterocycles. The highest BCUT2D eigenvalue weighted by Crippen LogP contribution is 2.14. The molecule has 0 saturated heterocycles. The Morgan fingerprint density at radius 3 is 2.63 bits per heavy atom.